The second-order valence-corrected chi connectivity index (χ2v) is 8.12. The molecule has 0 radical (unpaired) electrons. The van der Waals surface area contributed by atoms with Crippen molar-refractivity contribution >= 4 is 33.2 Å². The zero-order valence-electron chi connectivity index (χ0n) is 16.2. The zero-order chi connectivity index (χ0) is 20.3. The standard InChI is InChI=1S/C21H21BrN2O3S/c1-5-24-19(14-6-9-16(22)10-7-14)13(2)28-21(24)23-20(25)15-8-11-17(26-3)18(12-15)27-4/h6-12H,5H2,1-4H3. The number of carbonyl (C=O) groups excluding carboxylic acids is 1. The second-order valence-electron chi connectivity index (χ2n) is 6.03. The minimum Gasteiger partial charge on any atom is -0.493 e. The lowest BCUT2D eigenvalue weighted by Crippen LogP contribution is -2.17. The highest BCUT2D eigenvalue weighted by molar-refractivity contribution is 9.10. The van der Waals surface area contributed by atoms with Gasteiger partial charge in [0.2, 0.25) is 0 Å². The Morgan fingerprint density at radius 1 is 1.11 bits per heavy atom. The number of benzene rings is 2. The number of amides is 1. The minimum absolute atomic E-state index is 0.313. The van der Waals surface area contributed by atoms with Gasteiger partial charge in [0, 0.05) is 21.5 Å². The van der Waals surface area contributed by atoms with Crippen LogP contribution in [0.2, 0.25) is 0 Å². The lowest BCUT2D eigenvalue weighted by molar-refractivity contribution is 0.0997. The monoisotopic (exact) mass is 460 g/mol. The van der Waals surface area contributed by atoms with Gasteiger partial charge in [0.1, 0.15) is 0 Å². The van der Waals surface area contributed by atoms with Crippen molar-refractivity contribution in [1.29, 1.82) is 0 Å². The molecule has 5 nitrogen and oxygen atoms in total. The molecule has 1 aromatic heterocycles. The molecule has 0 aliphatic carbocycles. The van der Waals surface area contributed by atoms with Crippen molar-refractivity contribution < 1.29 is 14.3 Å². The predicted molar refractivity (Wildman–Crippen MR) is 115 cm³/mol. The number of rotatable bonds is 5. The third kappa shape index (κ3) is 4.05. The van der Waals surface area contributed by atoms with Crippen LogP contribution in [0.5, 0.6) is 11.5 Å². The van der Waals surface area contributed by atoms with E-state index in [0.29, 0.717) is 28.4 Å². The summed E-state index contributed by atoms with van der Waals surface area (Å²) in [6.45, 7) is 4.82. The van der Waals surface area contributed by atoms with Gasteiger partial charge in [0.05, 0.1) is 19.9 Å². The molecule has 28 heavy (non-hydrogen) atoms. The Morgan fingerprint density at radius 2 is 1.79 bits per heavy atom. The first kappa shape index (κ1) is 20.4. The van der Waals surface area contributed by atoms with Crippen LogP contribution in [0.25, 0.3) is 11.3 Å². The van der Waals surface area contributed by atoms with Gasteiger partial charge in [-0.25, -0.2) is 0 Å². The number of aryl methyl sites for hydroxylation is 1. The molecule has 2 aromatic carbocycles. The Bertz CT molecular complexity index is 1070. The van der Waals surface area contributed by atoms with Crippen molar-refractivity contribution in [3.63, 3.8) is 0 Å². The summed E-state index contributed by atoms with van der Waals surface area (Å²) in [5, 5.41) is 0. The molecule has 1 amide bonds. The lowest BCUT2D eigenvalue weighted by Gasteiger charge is -2.08. The van der Waals surface area contributed by atoms with E-state index in [4.69, 9.17) is 9.47 Å². The molecule has 0 aliphatic heterocycles. The fourth-order valence-corrected chi connectivity index (χ4v) is 4.31. The van der Waals surface area contributed by atoms with E-state index >= 15 is 0 Å². The normalized spacial score (nSPS) is 11.5. The highest BCUT2D eigenvalue weighted by atomic mass is 79.9. The lowest BCUT2D eigenvalue weighted by atomic mass is 10.1. The Balaban J connectivity index is 2.06. The van der Waals surface area contributed by atoms with Gasteiger partial charge in [-0.2, -0.15) is 4.99 Å². The molecule has 0 unspecified atom stereocenters. The van der Waals surface area contributed by atoms with Crippen LogP contribution in [-0.2, 0) is 6.54 Å². The van der Waals surface area contributed by atoms with Gasteiger partial charge >= 0.3 is 0 Å². The summed E-state index contributed by atoms with van der Waals surface area (Å²) < 4.78 is 13.6. The molecule has 0 aliphatic rings. The first-order chi connectivity index (χ1) is 13.5. The maximum Gasteiger partial charge on any atom is 0.279 e. The third-order valence-corrected chi connectivity index (χ3v) is 5.86. The molecule has 0 bridgehead atoms. The Labute approximate surface area is 176 Å². The van der Waals surface area contributed by atoms with Gasteiger partial charge in [-0.3, -0.25) is 4.79 Å². The van der Waals surface area contributed by atoms with Crippen LogP contribution in [0.1, 0.15) is 22.2 Å². The fraction of sp³-hybridized carbons (Fsp3) is 0.238. The largest absolute Gasteiger partial charge is 0.493 e. The number of hydrogen-bond acceptors (Lipinski definition) is 4. The number of thiazole rings is 1. The summed E-state index contributed by atoms with van der Waals surface area (Å²) in [7, 11) is 3.10. The predicted octanol–water partition coefficient (Wildman–Crippen LogP) is 5.07. The van der Waals surface area contributed by atoms with Gasteiger partial charge in [-0.05, 0) is 49.7 Å². The Kier molecular flexibility index (Phi) is 6.36. The van der Waals surface area contributed by atoms with Crippen molar-refractivity contribution in [1.82, 2.24) is 4.57 Å². The van der Waals surface area contributed by atoms with Crippen LogP contribution in [-0.4, -0.2) is 24.7 Å². The Morgan fingerprint density at radius 3 is 2.39 bits per heavy atom. The van der Waals surface area contributed by atoms with E-state index in [0.717, 1.165) is 20.6 Å². The van der Waals surface area contributed by atoms with E-state index in [1.54, 1.807) is 32.4 Å². The maximum atomic E-state index is 12.8. The van der Waals surface area contributed by atoms with Gasteiger partial charge in [-0.1, -0.05) is 28.1 Å². The van der Waals surface area contributed by atoms with E-state index in [9.17, 15) is 4.79 Å². The first-order valence-electron chi connectivity index (χ1n) is 8.75. The summed E-state index contributed by atoms with van der Waals surface area (Å²) in [6.07, 6.45) is 0. The van der Waals surface area contributed by atoms with Crippen LogP contribution in [0, 0.1) is 6.92 Å². The zero-order valence-corrected chi connectivity index (χ0v) is 18.6. The molecule has 1 heterocycles. The number of carbonyl (C=O) groups is 1. The van der Waals surface area contributed by atoms with E-state index < -0.39 is 0 Å². The molecule has 0 saturated carbocycles. The van der Waals surface area contributed by atoms with Crippen LogP contribution in [0.4, 0.5) is 0 Å². The molecule has 7 heteroatoms. The van der Waals surface area contributed by atoms with Crippen molar-refractivity contribution in [3.05, 3.63) is 62.2 Å². The maximum absolute atomic E-state index is 12.8. The second kappa shape index (κ2) is 8.75. The molecule has 0 saturated heterocycles. The van der Waals surface area contributed by atoms with E-state index in [-0.39, 0.29) is 5.91 Å². The number of aromatic nitrogens is 1. The van der Waals surface area contributed by atoms with Gasteiger partial charge in [-0.15, -0.1) is 11.3 Å². The minimum atomic E-state index is -0.313. The Hall–Kier alpha value is -2.38. The van der Waals surface area contributed by atoms with E-state index in [1.807, 2.05) is 19.1 Å². The molecular weight excluding hydrogens is 440 g/mol. The van der Waals surface area contributed by atoms with Crippen molar-refractivity contribution in [2.24, 2.45) is 4.99 Å². The molecule has 146 valence electrons. The third-order valence-electron chi connectivity index (χ3n) is 4.34. The molecule has 0 fully saturated rings. The van der Waals surface area contributed by atoms with Crippen molar-refractivity contribution in [2.75, 3.05) is 14.2 Å². The van der Waals surface area contributed by atoms with Crippen LogP contribution < -0.4 is 14.3 Å². The summed E-state index contributed by atoms with van der Waals surface area (Å²) in [4.78, 5) is 19.0. The number of halogens is 1. The topological polar surface area (TPSA) is 52.8 Å². The van der Waals surface area contributed by atoms with Crippen molar-refractivity contribution in [2.45, 2.75) is 20.4 Å². The molecular formula is C21H21BrN2O3S. The van der Waals surface area contributed by atoms with Gasteiger partial charge in [0.15, 0.2) is 16.3 Å². The quantitative estimate of drug-likeness (QED) is 0.534. The average molecular weight is 461 g/mol. The molecule has 0 N–H and O–H groups in total. The van der Waals surface area contributed by atoms with E-state index in [2.05, 4.69) is 44.5 Å². The van der Waals surface area contributed by atoms with Crippen molar-refractivity contribution in [3.8, 4) is 22.8 Å². The summed E-state index contributed by atoms with van der Waals surface area (Å²) in [5.41, 5.74) is 2.63. The summed E-state index contributed by atoms with van der Waals surface area (Å²) in [5.74, 6) is 0.767. The highest BCUT2D eigenvalue weighted by Crippen LogP contribution is 2.29. The first-order valence-corrected chi connectivity index (χ1v) is 10.4. The SMILES string of the molecule is CCn1c(-c2ccc(Br)cc2)c(C)sc1=NC(=O)c1ccc(OC)c(OC)c1. The van der Waals surface area contributed by atoms with Gasteiger partial charge in [0.25, 0.3) is 5.91 Å². The molecule has 0 atom stereocenters. The number of methoxy groups -OCH3 is 2. The molecule has 0 spiro atoms. The van der Waals surface area contributed by atoms with Crippen LogP contribution in [0.3, 0.4) is 0 Å². The average Bonchev–Trinajstić information content (AvgIpc) is 3.02. The fourth-order valence-electron chi connectivity index (χ4n) is 2.99. The molecule has 3 aromatic rings. The highest BCUT2D eigenvalue weighted by Gasteiger charge is 2.14. The summed E-state index contributed by atoms with van der Waals surface area (Å²) in [6, 6.07) is 13.2. The smallest absolute Gasteiger partial charge is 0.279 e. The van der Waals surface area contributed by atoms with E-state index in [1.165, 1.54) is 11.3 Å². The summed E-state index contributed by atoms with van der Waals surface area (Å²) >= 11 is 4.98. The van der Waals surface area contributed by atoms with Crippen LogP contribution in [0.15, 0.2) is 51.9 Å². The number of ether oxygens (including phenoxy) is 2. The molecule has 3 rings (SSSR count). The number of nitrogens with zero attached hydrogens (tertiary/aromatic N) is 2. The van der Waals surface area contributed by atoms with Gasteiger partial charge < -0.3 is 14.0 Å². The van der Waals surface area contributed by atoms with Crippen LogP contribution >= 0.6 is 27.3 Å². The number of hydrogen-bond donors (Lipinski definition) is 0.